The van der Waals surface area contributed by atoms with Gasteiger partial charge in [0.05, 0.1) is 0 Å². The SMILES string of the molecule is C=CC.O1[SiH2]O[SiH2]O[SiH2]O[SiH2]1.O=C([O-])O.[Na+]. The first-order valence-electron chi connectivity index (χ1n) is 3.93. The molecule has 0 aromatic rings. The van der Waals surface area contributed by atoms with E-state index in [1.165, 1.54) is 0 Å². The summed E-state index contributed by atoms with van der Waals surface area (Å²) >= 11 is 0. The van der Waals surface area contributed by atoms with Crippen molar-refractivity contribution in [3.63, 3.8) is 0 Å². The molecule has 16 heavy (non-hydrogen) atoms. The van der Waals surface area contributed by atoms with E-state index in [0.717, 1.165) is 0 Å². The van der Waals surface area contributed by atoms with Crippen LogP contribution in [0.5, 0.6) is 0 Å². The van der Waals surface area contributed by atoms with Crippen LogP contribution in [-0.4, -0.2) is 51.3 Å². The Kier molecular flexibility index (Phi) is 28.9. The fraction of sp³-hybridized carbons (Fsp3) is 0.250. The van der Waals surface area contributed by atoms with Crippen LogP contribution in [0.4, 0.5) is 4.79 Å². The molecular formula is C4H15NaO7Si4. The second-order valence-electron chi connectivity index (χ2n) is 1.96. The first kappa shape index (κ1) is 21.9. The molecule has 0 aromatic heterocycles. The second-order valence-corrected chi connectivity index (χ2v) is 9.44. The average molecular weight is 310 g/mol. The van der Waals surface area contributed by atoms with Gasteiger partial charge in [-0.05, 0) is 6.92 Å². The van der Waals surface area contributed by atoms with Gasteiger partial charge in [0.15, 0.2) is 0 Å². The predicted molar refractivity (Wildman–Crippen MR) is 62.4 cm³/mol. The Bertz CT molecular complexity index is 133. The van der Waals surface area contributed by atoms with E-state index in [-0.39, 0.29) is 29.6 Å². The van der Waals surface area contributed by atoms with Crippen LogP contribution in [0.25, 0.3) is 0 Å². The molecule has 12 heteroatoms. The molecule has 0 amide bonds. The first-order chi connectivity index (χ1) is 7.15. The smallest absolute Gasteiger partial charge is 0.565 e. The second kappa shape index (κ2) is 21.0. The van der Waals surface area contributed by atoms with Crippen molar-refractivity contribution in [3.8, 4) is 0 Å². The summed E-state index contributed by atoms with van der Waals surface area (Å²) in [6, 6.07) is 0. The van der Waals surface area contributed by atoms with Crippen LogP contribution in [0.3, 0.4) is 0 Å². The molecule has 1 N–H and O–H groups in total. The zero-order valence-electron chi connectivity index (χ0n) is 9.51. The Morgan fingerprint density at radius 2 is 1.31 bits per heavy atom. The van der Waals surface area contributed by atoms with Crippen LogP contribution < -0.4 is 34.7 Å². The van der Waals surface area contributed by atoms with Crippen LogP contribution in [0.1, 0.15) is 6.92 Å². The predicted octanol–water partition coefficient (Wildman–Crippen LogP) is -6.85. The van der Waals surface area contributed by atoms with Gasteiger partial charge in [-0.3, -0.25) is 0 Å². The molecule has 0 unspecified atom stereocenters. The van der Waals surface area contributed by atoms with Gasteiger partial charge >= 0.3 is 29.6 Å². The maximum atomic E-state index is 8.44. The van der Waals surface area contributed by atoms with Gasteiger partial charge < -0.3 is 31.5 Å². The molecule has 1 fully saturated rings. The molecule has 0 bridgehead atoms. The number of hydrogen-bond acceptors (Lipinski definition) is 6. The number of allylic oxidation sites excluding steroid dienone is 1. The van der Waals surface area contributed by atoms with E-state index in [4.69, 9.17) is 31.5 Å². The van der Waals surface area contributed by atoms with Gasteiger partial charge in [-0.2, -0.15) is 0 Å². The van der Waals surface area contributed by atoms with Crippen molar-refractivity contribution in [2.75, 3.05) is 0 Å². The molecule has 90 valence electrons. The molecule has 1 rings (SSSR count). The van der Waals surface area contributed by atoms with Crippen molar-refractivity contribution in [1.82, 2.24) is 0 Å². The van der Waals surface area contributed by atoms with Crippen LogP contribution >= 0.6 is 0 Å². The molecule has 0 aromatic carbocycles. The van der Waals surface area contributed by atoms with Crippen LogP contribution in [-0.2, 0) is 16.5 Å². The van der Waals surface area contributed by atoms with E-state index in [1.807, 2.05) is 6.92 Å². The molecule has 0 radical (unpaired) electrons. The fourth-order valence-corrected chi connectivity index (χ4v) is 7.59. The van der Waals surface area contributed by atoms with Crippen molar-refractivity contribution in [1.29, 1.82) is 0 Å². The molecule has 1 aliphatic rings. The van der Waals surface area contributed by atoms with Crippen molar-refractivity contribution in [3.05, 3.63) is 12.7 Å². The molecule has 1 saturated heterocycles. The van der Waals surface area contributed by atoms with Crippen LogP contribution in [0, 0.1) is 0 Å². The van der Waals surface area contributed by atoms with Crippen molar-refractivity contribution in [2.24, 2.45) is 0 Å². The van der Waals surface area contributed by atoms with Gasteiger partial charge in [0.1, 0.15) is 0 Å². The minimum absolute atomic E-state index is 0. The summed E-state index contributed by atoms with van der Waals surface area (Å²) in [6.07, 6.45) is -0.333. The summed E-state index contributed by atoms with van der Waals surface area (Å²) < 4.78 is 20.4. The van der Waals surface area contributed by atoms with Gasteiger partial charge in [-0.25, -0.2) is 0 Å². The minimum Gasteiger partial charge on any atom is -0.565 e. The Morgan fingerprint density at radius 3 is 1.44 bits per heavy atom. The number of carboxylic acid groups (broad SMARTS) is 2. The Labute approximate surface area is 126 Å². The third kappa shape index (κ3) is 36.4. The Hall–Kier alpha value is 0.718. The van der Waals surface area contributed by atoms with Gasteiger partial charge in [0, 0.05) is 0 Å². The summed E-state index contributed by atoms with van der Waals surface area (Å²) in [4.78, 5) is 8.44. The molecule has 0 saturated carbocycles. The van der Waals surface area contributed by atoms with E-state index >= 15 is 0 Å². The average Bonchev–Trinajstić information content (AvgIpc) is 2.01. The zero-order valence-corrected chi connectivity index (χ0v) is 17.2. The summed E-state index contributed by atoms with van der Waals surface area (Å²) in [6.45, 7) is 5.25. The van der Waals surface area contributed by atoms with Crippen molar-refractivity contribution in [2.45, 2.75) is 6.92 Å². The monoisotopic (exact) mass is 310 g/mol. The maximum Gasteiger partial charge on any atom is 1.00 e. The molecular weight excluding hydrogens is 295 g/mol. The standard InChI is InChI=1S/C3H6.CH2O3.Na.H8O4Si4/c1-3-2;2-1(3)4;;1-5-2-7-4-8-3-6-1/h3H,1H2,2H3;(H2,2,3,4);;5-8H2/q;;+1;/p-1. The quantitative estimate of drug-likeness (QED) is 0.351. The summed E-state index contributed by atoms with van der Waals surface area (Å²) in [5.41, 5.74) is 0. The van der Waals surface area contributed by atoms with E-state index in [9.17, 15) is 0 Å². The van der Waals surface area contributed by atoms with Crippen molar-refractivity contribution >= 4 is 46.2 Å². The van der Waals surface area contributed by atoms with Crippen LogP contribution in [0.15, 0.2) is 12.7 Å². The summed E-state index contributed by atoms with van der Waals surface area (Å²) in [5, 5.41) is 15.3. The normalized spacial score (nSPS) is 20.3. The summed E-state index contributed by atoms with van der Waals surface area (Å²) in [7, 11) is -2.61. The number of hydrogen-bond donors (Lipinski definition) is 1. The molecule has 1 aliphatic heterocycles. The van der Waals surface area contributed by atoms with E-state index in [2.05, 4.69) is 6.58 Å². The Morgan fingerprint density at radius 1 is 1.19 bits per heavy atom. The van der Waals surface area contributed by atoms with Gasteiger partial charge in [0.2, 0.25) is 6.16 Å². The zero-order chi connectivity index (χ0) is 11.9. The molecule has 0 atom stereocenters. The molecule has 0 aliphatic carbocycles. The molecule has 0 spiro atoms. The van der Waals surface area contributed by atoms with E-state index in [0.29, 0.717) is 0 Å². The Balaban J connectivity index is -0.000000182. The number of rotatable bonds is 0. The van der Waals surface area contributed by atoms with Crippen LogP contribution in [0.2, 0.25) is 0 Å². The molecule has 7 nitrogen and oxygen atoms in total. The third-order valence-corrected chi connectivity index (χ3v) is 6.00. The number of carbonyl (C=O) groups is 1. The largest absolute Gasteiger partial charge is 1.00 e. The fourth-order valence-electron chi connectivity index (χ4n) is 0.372. The third-order valence-electron chi connectivity index (χ3n) is 0.667. The van der Waals surface area contributed by atoms with Gasteiger partial charge in [-0.1, -0.05) is 6.08 Å². The van der Waals surface area contributed by atoms with E-state index in [1.54, 1.807) is 6.08 Å². The summed E-state index contributed by atoms with van der Waals surface area (Å²) in [5.74, 6) is 0. The maximum absolute atomic E-state index is 8.44. The van der Waals surface area contributed by atoms with Gasteiger partial charge in [-0.15, -0.1) is 6.58 Å². The minimum atomic E-state index is -2.08. The van der Waals surface area contributed by atoms with Crippen molar-refractivity contribution < 1.29 is 61.0 Å². The van der Waals surface area contributed by atoms with Gasteiger partial charge in [0.25, 0.3) is 40.0 Å². The first-order valence-corrected chi connectivity index (χ1v) is 8.55. The molecule has 1 heterocycles. The van der Waals surface area contributed by atoms with E-state index < -0.39 is 46.2 Å². The topological polar surface area (TPSA) is 97.3 Å².